The Labute approximate surface area is 78.2 Å². The zero-order chi connectivity index (χ0) is 9.84. The quantitative estimate of drug-likeness (QED) is 0.629. The summed E-state index contributed by atoms with van der Waals surface area (Å²) in [5.74, 6) is 0.259. The number of rotatable bonds is 4. The Balaban J connectivity index is 2.28. The standard InChI is InChI=1S/C9H17NO3/c1-10(5-8(12)6-11)9(13)7-3-2-4-7/h7-8,11-12H,2-6H2,1H3. The van der Waals surface area contributed by atoms with Crippen LogP contribution in [-0.4, -0.2) is 47.3 Å². The van der Waals surface area contributed by atoms with Crippen molar-refractivity contribution in [2.75, 3.05) is 20.2 Å². The molecule has 1 aliphatic carbocycles. The average molecular weight is 187 g/mol. The Morgan fingerprint density at radius 2 is 2.23 bits per heavy atom. The molecule has 2 N–H and O–H groups in total. The van der Waals surface area contributed by atoms with E-state index >= 15 is 0 Å². The van der Waals surface area contributed by atoms with E-state index in [0.29, 0.717) is 0 Å². The van der Waals surface area contributed by atoms with Crippen LogP contribution in [0.4, 0.5) is 0 Å². The lowest BCUT2D eigenvalue weighted by Crippen LogP contribution is -2.41. The predicted octanol–water partition coefficient (Wildman–Crippen LogP) is -0.402. The van der Waals surface area contributed by atoms with Crippen molar-refractivity contribution in [2.24, 2.45) is 5.92 Å². The van der Waals surface area contributed by atoms with Gasteiger partial charge in [0.1, 0.15) is 0 Å². The number of hydrogen-bond acceptors (Lipinski definition) is 3. The first-order valence-electron chi connectivity index (χ1n) is 4.69. The molecule has 13 heavy (non-hydrogen) atoms. The van der Waals surface area contributed by atoms with E-state index in [2.05, 4.69) is 0 Å². The zero-order valence-electron chi connectivity index (χ0n) is 7.94. The second kappa shape index (κ2) is 4.58. The number of aliphatic hydroxyl groups excluding tert-OH is 2. The number of carbonyl (C=O) groups excluding carboxylic acids is 1. The van der Waals surface area contributed by atoms with Crippen LogP contribution >= 0.6 is 0 Å². The van der Waals surface area contributed by atoms with Crippen LogP contribution in [0.15, 0.2) is 0 Å². The third kappa shape index (κ3) is 2.67. The Kier molecular flexibility index (Phi) is 3.69. The van der Waals surface area contributed by atoms with E-state index in [9.17, 15) is 4.79 Å². The minimum atomic E-state index is -0.811. The molecule has 1 fully saturated rings. The maximum atomic E-state index is 11.5. The molecule has 0 aromatic rings. The van der Waals surface area contributed by atoms with Gasteiger partial charge in [0.2, 0.25) is 5.91 Å². The summed E-state index contributed by atoms with van der Waals surface area (Å²) in [6, 6.07) is 0. The minimum Gasteiger partial charge on any atom is -0.394 e. The Hall–Kier alpha value is -0.610. The van der Waals surface area contributed by atoms with Gasteiger partial charge < -0.3 is 15.1 Å². The molecule has 1 rings (SSSR count). The van der Waals surface area contributed by atoms with Crippen LogP contribution < -0.4 is 0 Å². The molecule has 4 heteroatoms. The van der Waals surface area contributed by atoms with Crippen molar-refractivity contribution < 1.29 is 15.0 Å². The SMILES string of the molecule is CN(CC(O)CO)C(=O)C1CCC1. The van der Waals surface area contributed by atoms with Gasteiger partial charge in [-0.2, -0.15) is 0 Å². The second-order valence-electron chi connectivity index (χ2n) is 3.68. The predicted molar refractivity (Wildman–Crippen MR) is 48.1 cm³/mol. The lowest BCUT2D eigenvalue weighted by molar-refractivity contribution is -0.138. The van der Waals surface area contributed by atoms with Gasteiger partial charge >= 0.3 is 0 Å². The first-order valence-corrected chi connectivity index (χ1v) is 4.69. The molecule has 4 nitrogen and oxygen atoms in total. The van der Waals surface area contributed by atoms with E-state index in [1.807, 2.05) is 0 Å². The molecule has 1 amide bonds. The maximum absolute atomic E-state index is 11.5. The Morgan fingerprint density at radius 1 is 1.62 bits per heavy atom. The molecule has 0 aliphatic heterocycles. The molecule has 0 spiro atoms. The van der Waals surface area contributed by atoms with Crippen molar-refractivity contribution >= 4 is 5.91 Å². The average Bonchev–Trinajstić information content (AvgIpc) is 2.00. The summed E-state index contributed by atoms with van der Waals surface area (Å²) in [4.78, 5) is 13.0. The van der Waals surface area contributed by atoms with Crippen LogP contribution in [-0.2, 0) is 4.79 Å². The molecule has 0 radical (unpaired) electrons. The summed E-state index contributed by atoms with van der Waals surface area (Å²) in [5, 5.41) is 17.7. The molecule has 1 unspecified atom stereocenters. The van der Waals surface area contributed by atoms with Crippen molar-refractivity contribution in [1.29, 1.82) is 0 Å². The normalized spacial score (nSPS) is 19.3. The second-order valence-corrected chi connectivity index (χ2v) is 3.68. The Bertz CT molecular complexity index is 180. The molecule has 1 atom stereocenters. The van der Waals surface area contributed by atoms with Gasteiger partial charge in [-0.1, -0.05) is 6.42 Å². The fourth-order valence-electron chi connectivity index (χ4n) is 1.43. The molecular formula is C9H17NO3. The summed E-state index contributed by atoms with van der Waals surface area (Å²) in [7, 11) is 1.67. The van der Waals surface area contributed by atoms with Gasteiger partial charge in [0, 0.05) is 19.5 Å². The van der Waals surface area contributed by atoms with Gasteiger partial charge in [0.15, 0.2) is 0 Å². The van der Waals surface area contributed by atoms with Crippen molar-refractivity contribution in [2.45, 2.75) is 25.4 Å². The topological polar surface area (TPSA) is 60.8 Å². The van der Waals surface area contributed by atoms with Gasteiger partial charge in [-0.05, 0) is 12.8 Å². The number of carbonyl (C=O) groups is 1. The first-order chi connectivity index (χ1) is 6.15. The smallest absolute Gasteiger partial charge is 0.225 e. The van der Waals surface area contributed by atoms with Gasteiger partial charge in [-0.25, -0.2) is 0 Å². The zero-order valence-corrected chi connectivity index (χ0v) is 7.94. The fraction of sp³-hybridized carbons (Fsp3) is 0.889. The van der Waals surface area contributed by atoms with E-state index in [0.717, 1.165) is 19.3 Å². The van der Waals surface area contributed by atoms with Gasteiger partial charge in [-0.3, -0.25) is 4.79 Å². The monoisotopic (exact) mass is 187 g/mol. The van der Waals surface area contributed by atoms with E-state index in [4.69, 9.17) is 10.2 Å². The first kappa shape index (κ1) is 10.5. The number of hydrogen-bond donors (Lipinski definition) is 2. The number of aliphatic hydroxyl groups is 2. The highest BCUT2D eigenvalue weighted by Crippen LogP contribution is 2.27. The highest BCUT2D eigenvalue weighted by atomic mass is 16.3. The molecule has 1 saturated carbocycles. The van der Waals surface area contributed by atoms with Crippen LogP contribution in [0.3, 0.4) is 0 Å². The Morgan fingerprint density at radius 3 is 2.62 bits per heavy atom. The van der Waals surface area contributed by atoms with E-state index in [-0.39, 0.29) is 25.0 Å². The number of amides is 1. The van der Waals surface area contributed by atoms with E-state index < -0.39 is 6.10 Å². The molecule has 0 bridgehead atoms. The van der Waals surface area contributed by atoms with Crippen molar-refractivity contribution in [3.05, 3.63) is 0 Å². The highest BCUT2D eigenvalue weighted by molar-refractivity contribution is 5.79. The molecule has 76 valence electrons. The summed E-state index contributed by atoms with van der Waals surface area (Å²) in [6.45, 7) is -0.0614. The summed E-state index contributed by atoms with van der Waals surface area (Å²) >= 11 is 0. The summed E-state index contributed by atoms with van der Waals surface area (Å²) in [5.41, 5.74) is 0. The third-order valence-electron chi connectivity index (χ3n) is 2.53. The van der Waals surface area contributed by atoms with Crippen LogP contribution in [0.2, 0.25) is 0 Å². The fourth-order valence-corrected chi connectivity index (χ4v) is 1.43. The molecular weight excluding hydrogens is 170 g/mol. The van der Waals surface area contributed by atoms with Crippen molar-refractivity contribution in [3.63, 3.8) is 0 Å². The largest absolute Gasteiger partial charge is 0.394 e. The number of nitrogens with zero attached hydrogens (tertiary/aromatic N) is 1. The van der Waals surface area contributed by atoms with Crippen molar-refractivity contribution in [1.82, 2.24) is 4.90 Å². The van der Waals surface area contributed by atoms with E-state index in [1.165, 1.54) is 4.90 Å². The van der Waals surface area contributed by atoms with Crippen LogP contribution in [0.25, 0.3) is 0 Å². The summed E-state index contributed by atoms with van der Waals surface area (Å²) < 4.78 is 0. The number of likely N-dealkylation sites (N-methyl/N-ethyl adjacent to an activating group) is 1. The highest BCUT2D eigenvalue weighted by Gasteiger charge is 2.28. The third-order valence-corrected chi connectivity index (χ3v) is 2.53. The van der Waals surface area contributed by atoms with Crippen LogP contribution in [0.1, 0.15) is 19.3 Å². The summed E-state index contributed by atoms with van der Waals surface area (Å²) in [6.07, 6.45) is 2.26. The molecule has 0 aromatic carbocycles. The van der Waals surface area contributed by atoms with Gasteiger partial charge in [0.05, 0.1) is 12.7 Å². The van der Waals surface area contributed by atoms with Crippen molar-refractivity contribution in [3.8, 4) is 0 Å². The lowest BCUT2D eigenvalue weighted by atomic mass is 9.84. The maximum Gasteiger partial charge on any atom is 0.225 e. The molecule has 0 heterocycles. The minimum absolute atomic E-state index is 0.0961. The molecule has 1 aliphatic rings. The molecule has 0 aromatic heterocycles. The van der Waals surface area contributed by atoms with Gasteiger partial charge in [0.25, 0.3) is 0 Å². The van der Waals surface area contributed by atoms with Gasteiger partial charge in [-0.15, -0.1) is 0 Å². The van der Waals surface area contributed by atoms with Crippen LogP contribution in [0, 0.1) is 5.92 Å². The van der Waals surface area contributed by atoms with Crippen LogP contribution in [0.5, 0.6) is 0 Å². The van der Waals surface area contributed by atoms with E-state index in [1.54, 1.807) is 7.05 Å². The molecule has 0 saturated heterocycles. The lowest BCUT2D eigenvalue weighted by Gasteiger charge is -2.30.